The Labute approximate surface area is 66.2 Å². The van der Waals surface area contributed by atoms with Gasteiger partial charge in [-0.25, -0.2) is 0 Å². The molecule has 0 aromatic rings. The van der Waals surface area contributed by atoms with Gasteiger partial charge in [-0.15, -0.1) is 0 Å². The monoisotopic (exact) mass is 167 g/mol. The summed E-state index contributed by atoms with van der Waals surface area (Å²) in [5, 5.41) is 0. The highest BCUT2D eigenvalue weighted by Gasteiger charge is 2.25. The van der Waals surface area contributed by atoms with E-state index in [1.165, 1.54) is 0 Å². The van der Waals surface area contributed by atoms with E-state index in [-0.39, 0.29) is 5.92 Å². The Morgan fingerprint density at radius 2 is 1.55 bits per heavy atom. The van der Waals surface area contributed by atoms with Crippen molar-refractivity contribution in [3.63, 3.8) is 0 Å². The summed E-state index contributed by atoms with van der Waals surface area (Å²) in [5.41, 5.74) is 0. The second kappa shape index (κ2) is 4.03. The maximum Gasteiger partial charge on any atom is 0.478 e. The molecular formula is C7H15BF3-. The summed E-state index contributed by atoms with van der Waals surface area (Å²) in [6.07, 6.45) is 0.0828. The smallest absolute Gasteiger partial charge is 0.449 e. The van der Waals surface area contributed by atoms with Crippen LogP contribution in [0.1, 0.15) is 27.2 Å². The first-order valence-electron chi connectivity index (χ1n) is 4.02. The Kier molecular flexibility index (Phi) is 3.97. The Morgan fingerprint density at radius 1 is 1.09 bits per heavy atom. The summed E-state index contributed by atoms with van der Waals surface area (Å²) in [5.74, 6) is 0.151. The van der Waals surface area contributed by atoms with E-state index in [0.29, 0.717) is 12.3 Å². The molecule has 0 saturated heterocycles. The fraction of sp³-hybridized carbons (Fsp3) is 1.00. The zero-order valence-electron chi connectivity index (χ0n) is 7.28. The van der Waals surface area contributed by atoms with E-state index in [4.69, 9.17) is 0 Å². The topological polar surface area (TPSA) is 0 Å². The van der Waals surface area contributed by atoms with Crippen molar-refractivity contribution in [2.24, 2.45) is 11.8 Å². The van der Waals surface area contributed by atoms with Crippen molar-refractivity contribution < 1.29 is 12.9 Å². The predicted octanol–water partition coefficient (Wildman–Crippen LogP) is 3.52. The highest BCUT2D eigenvalue weighted by molar-refractivity contribution is 6.58. The van der Waals surface area contributed by atoms with Crippen molar-refractivity contribution in [1.82, 2.24) is 0 Å². The fourth-order valence-corrected chi connectivity index (χ4v) is 1.36. The lowest BCUT2D eigenvalue weighted by atomic mass is 9.76. The van der Waals surface area contributed by atoms with Gasteiger partial charge in [0.05, 0.1) is 0 Å². The van der Waals surface area contributed by atoms with E-state index in [1.54, 1.807) is 6.92 Å². The van der Waals surface area contributed by atoms with Gasteiger partial charge < -0.3 is 12.9 Å². The molecule has 0 aromatic carbocycles. The van der Waals surface area contributed by atoms with Gasteiger partial charge in [0.2, 0.25) is 0 Å². The number of rotatable bonds is 4. The largest absolute Gasteiger partial charge is 0.478 e. The van der Waals surface area contributed by atoms with Crippen LogP contribution in [-0.4, -0.2) is 6.98 Å². The minimum absolute atomic E-state index is 0.213. The van der Waals surface area contributed by atoms with Crippen LogP contribution in [0.2, 0.25) is 6.32 Å². The average Bonchev–Trinajstić information content (AvgIpc) is 1.53. The van der Waals surface area contributed by atoms with E-state index < -0.39 is 13.3 Å². The third-order valence-electron chi connectivity index (χ3n) is 1.54. The third-order valence-corrected chi connectivity index (χ3v) is 1.54. The van der Waals surface area contributed by atoms with Crippen molar-refractivity contribution >= 4 is 6.98 Å². The van der Waals surface area contributed by atoms with Crippen LogP contribution in [0.25, 0.3) is 0 Å². The highest BCUT2D eigenvalue weighted by atomic mass is 19.4. The van der Waals surface area contributed by atoms with Crippen LogP contribution in [0.4, 0.5) is 12.9 Å². The molecule has 0 bridgehead atoms. The first-order chi connectivity index (χ1) is 4.81. The van der Waals surface area contributed by atoms with E-state index in [2.05, 4.69) is 0 Å². The minimum atomic E-state index is -4.57. The SMILES string of the molecule is CC(C)CC(C)C[B-](F)(F)F. The Morgan fingerprint density at radius 3 is 1.82 bits per heavy atom. The van der Waals surface area contributed by atoms with Gasteiger partial charge in [0.15, 0.2) is 0 Å². The van der Waals surface area contributed by atoms with Gasteiger partial charge in [-0.05, 0) is 5.92 Å². The third kappa shape index (κ3) is 7.75. The normalized spacial score (nSPS) is 15.5. The molecule has 0 aliphatic heterocycles. The van der Waals surface area contributed by atoms with Crippen LogP contribution in [-0.2, 0) is 0 Å². The Bertz CT molecular complexity index is 109. The standard InChI is InChI=1S/C7H15BF3/c1-6(2)4-7(3)5-8(9,10)11/h6-7H,4-5H2,1-3H3/q-1. The van der Waals surface area contributed by atoms with Crippen LogP contribution in [0.3, 0.4) is 0 Å². The highest BCUT2D eigenvalue weighted by Crippen LogP contribution is 2.25. The quantitative estimate of drug-likeness (QED) is 0.562. The molecule has 0 fully saturated rings. The number of hydrogen-bond acceptors (Lipinski definition) is 0. The first-order valence-corrected chi connectivity index (χ1v) is 4.02. The summed E-state index contributed by atoms with van der Waals surface area (Å²) in [4.78, 5) is 0. The van der Waals surface area contributed by atoms with Gasteiger partial charge in [0, 0.05) is 0 Å². The van der Waals surface area contributed by atoms with E-state index in [1.807, 2.05) is 13.8 Å². The molecule has 0 aliphatic carbocycles. The van der Waals surface area contributed by atoms with E-state index in [9.17, 15) is 12.9 Å². The van der Waals surface area contributed by atoms with Gasteiger partial charge in [0.25, 0.3) is 0 Å². The lowest BCUT2D eigenvalue weighted by Crippen LogP contribution is -2.19. The molecule has 0 heterocycles. The summed E-state index contributed by atoms with van der Waals surface area (Å²) in [6, 6.07) is 0. The summed E-state index contributed by atoms with van der Waals surface area (Å²) in [6.45, 7) is 0.976. The molecule has 68 valence electrons. The van der Waals surface area contributed by atoms with Gasteiger partial charge in [-0.1, -0.05) is 39.4 Å². The number of hydrogen-bond donors (Lipinski definition) is 0. The maximum absolute atomic E-state index is 11.8. The van der Waals surface area contributed by atoms with Crippen molar-refractivity contribution in [3.05, 3.63) is 0 Å². The molecule has 0 saturated carbocycles. The van der Waals surface area contributed by atoms with Crippen molar-refractivity contribution in [3.8, 4) is 0 Å². The van der Waals surface area contributed by atoms with E-state index in [0.717, 1.165) is 0 Å². The van der Waals surface area contributed by atoms with Crippen LogP contribution in [0, 0.1) is 11.8 Å². The molecule has 1 unspecified atom stereocenters. The Hall–Kier alpha value is -0.145. The maximum atomic E-state index is 11.8. The lowest BCUT2D eigenvalue weighted by Gasteiger charge is -2.20. The molecule has 1 atom stereocenters. The van der Waals surface area contributed by atoms with Crippen LogP contribution in [0.5, 0.6) is 0 Å². The molecule has 0 aliphatic rings. The molecule has 0 spiro atoms. The van der Waals surface area contributed by atoms with Crippen LogP contribution >= 0.6 is 0 Å². The summed E-state index contributed by atoms with van der Waals surface area (Å²) < 4.78 is 35.5. The fourth-order valence-electron chi connectivity index (χ4n) is 1.36. The second-order valence-corrected chi connectivity index (χ2v) is 3.68. The minimum Gasteiger partial charge on any atom is -0.449 e. The molecule has 0 N–H and O–H groups in total. The molecule has 0 aromatic heterocycles. The molecular weight excluding hydrogens is 152 g/mol. The van der Waals surface area contributed by atoms with Gasteiger partial charge in [-0.3, -0.25) is 0 Å². The van der Waals surface area contributed by atoms with Crippen LogP contribution < -0.4 is 0 Å². The van der Waals surface area contributed by atoms with Gasteiger partial charge in [0.1, 0.15) is 0 Å². The van der Waals surface area contributed by atoms with Crippen molar-refractivity contribution in [2.45, 2.75) is 33.5 Å². The molecule has 0 amide bonds. The average molecular weight is 167 g/mol. The zero-order valence-corrected chi connectivity index (χ0v) is 7.28. The van der Waals surface area contributed by atoms with E-state index >= 15 is 0 Å². The van der Waals surface area contributed by atoms with Crippen LogP contribution in [0.15, 0.2) is 0 Å². The lowest BCUT2D eigenvalue weighted by molar-refractivity contribution is 0.401. The summed E-state index contributed by atoms with van der Waals surface area (Å²) >= 11 is 0. The molecule has 11 heavy (non-hydrogen) atoms. The number of halogens is 3. The summed E-state index contributed by atoms with van der Waals surface area (Å²) in [7, 11) is 0. The molecule has 4 heteroatoms. The Balaban J connectivity index is 3.61. The van der Waals surface area contributed by atoms with Gasteiger partial charge in [-0.2, -0.15) is 0 Å². The van der Waals surface area contributed by atoms with Crippen molar-refractivity contribution in [1.29, 1.82) is 0 Å². The zero-order chi connectivity index (χ0) is 9.07. The first kappa shape index (κ1) is 10.9. The molecule has 0 radical (unpaired) electrons. The van der Waals surface area contributed by atoms with Gasteiger partial charge >= 0.3 is 6.98 Å². The second-order valence-electron chi connectivity index (χ2n) is 3.68. The molecule has 0 rings (SSSR count). The predicted molar refractivity (Wildman–Crippen MR) is 42.5 cm³/mol. The molecule has 0 nitrogen and oxygen atoms in total. The van der Waals surface area contributed by atoms with Crippen molar-refractivity contribution in [2.75, 3.05) is 0 Å².